The summed E-state index contributed by atoms with van der Waals surface area (Å²) in [5.74, 6) is 2.04. The Hall–Kier alpha value is -1.20. The lowest BCUT2D eigenvalue weighted by molar-refractivity contribution is -0.902. The number of likely N-dealkylation sites (tertiary alicyclic amines) is 1. The van der Waals surface area contributed by atoms with Gasteiger partial charge in [-0.05, 0) is 38.3 Å². The summed E-state index contributed by atoms with van der Waals surface area (Å²) < 4.78 is 5.53. The lowest BCUT2D eigenvalue weighted by Crippen LogP contribution is -3.13. The zero-order chi connectivity index (χ0) is 14.5. The molecule has 1 aliphatic heterocycles. The van der Waals surface area contributed by atoms with Crippen LogP contribution < -0.4 is 9.64 Å². The van der Waals surface area contributed by atoms with E-state index in [0.29, 0.717) is 6.61 Å². The number of imidazole rings is 1. The molecule has 0 radical (unpaired) electrons. The van der Waals surface area contributed by atoms with E-state index >= 15 is 0 Å². The van der Waals surface area contributed by atoms with E-state index in [9.17, 15) is 0 Å². The number of aromatic nitrogens is 2. The van der Waals surface area contributed by atoms with Gasteiger partial charge in [0.25, 0.3) is 0 Å². The monoisotopic (exact) mass is 306 g/mol. The van der Waals surface area contributed by atoms with Crippen LogP contribution in [0.2, 0.25) is 0 Å². The molecule has 1 aromatic heterocycles. The highest BCUT2D eigenvalue weighted by Gasteiger charge is 2.13. The number of piperidine rings is 1. The minimum atomic E-state index is 0.694. The molecule has 1 saturated heterocycles. The normalized spacial score (nSPS) is 16.4. The molecule has 2 N–H and O–H groups in total. The topological polar surface area (TPSA) is 42.4 Å². The van der Waals surface area contributed by atoms with Crippen molar-refractivity contribution in [3.63, 3.8) is 0 Å². The van der Waals surface area contributed by atoms with E-state index < -0.39 is 0 Å². The molecule has 114 valence electrons. The second-order valence-corrected chi connectivity index (χ2v) is 6.65. The zero-order valence-electron chi connectivity index (χ0n) is 12.7. The first-order valence-electron chi connectivity index (χ1n) is 7.94. The number of benzene rings is 1. The highest BCUT2D eigenvalue weighted by Crippen LogP contribution is 2.22. The van der Waals surface area contributed by atoms with Crippen molar-refractivity contribution in [2.45, 2.75) is 31.3 Å². The van der Waals surface area contributed by atoms with Crippen molar-refractivity contribution >= 4 is 22.8 Å². The van der Waals surface area contributed by atoms with Crippen LogP contribution in [0.5, 0.6) is 5.75 Å². The smallest absolute Gasteiger partial charge is 0.166 e. The molecule has 3 rings (SSSR count). The van der Waals surface area contributed by atoms with Crippen LogP contribution in [0.3, 0.4) is 0 Å². The van der Waals surface area contributed by atoms with Gasteiger partial charge in [0, 0.05) is 6.07 Å². The Morgan fingerprint density at radius 3 is 2.95 bits per heavy atom. The lowest BCUT2D eigenvalue weighted by atomic mass is 10.1. The summed E-state index contributed by atoms with van der Waals surface area (Å²) >= 11 is 1.83. The van der Waals surface area contributed by atoms with Gasteiger partial charge in [0.05, 0.1) is 43.0 Å². The third kappa shape index (κ3) is 3.92. The maximum atomic E-state index is 5.53. The fourth-order valence-corrected chi connectivity index (χ4v) is 3.81. The Balaban J connectivity index is 1.56. The molecule has 2 heterocycles. The number of hydrogen-bond donors (Lipinski definition) is 2. The van der Waals surface area contributed by atoms with Crippen LogP contribution in [0, 0.1) is 0 Å². The number of thioether (sulfide) groups is 1. The van der Waals surface area contributed by atoms with Crippen LogP contribution in [0.25, 0.3) is 11.0 Å². The van der Waals surface area contributed by atoms with E-state index in [1.165, 1.54) is 38.9 Å². The summed E-state index contributed by atoms with van der Waals surface area (Å²) in [6.45, 7) is 6.63. The summed E-state index contributed by atoms with van der Waals surface area (Å²) in [5.41, 5.74) is 2.08. The molecule has 2 aromatic rings. The third-order valence-corrected chi connectivity index (χ3v) is 4.87. The largest absolute Gasteiger partial charge is 0.494 e. The van der Waals surface area contributed by atoms with Gasteiger partial charge in [0.1, 0.15) is 5.75 Å². The van der Waals surface area contributed by atoms with Crippen LogP contribution in [0.15, 0.2) is 23.4 Å². The maximum Gasteiger partial charge on any atom is 0.166 e. The SMILES string of the molecule is CCOc1ccc2nc(SCC[NH+]3CCCCC3)[nH]c2c1. The van der Waals surface area contributed by atoms with Crippen molar-refractivity contribution in [1.82, 2.24) is 9.97 Å². The average molecular weight is 306 g/mol. The molecule has 1 aromatic carbocycles. The minimum absolute atomic E-state index is 0.694. The van der Waals surface area contributed by atoms with Crippen LogP contribution in [-0.4, -0.2) is 42.0 Å². The number of ether oxygens (including phenoxy) is 1. The van der Waals surface area contributed by atoms with Gasteiger partial charge in [-0.25, -0.2) is 4.98 Å². The Labute approximate surface area is 130 Å². The van der Waals surface area contributed by atoms with Crippen molar-refractivity contribution in [2.24, 2.45) is 0 Å². The zero-order valence-corrected chi connectivity index (χ0v) is 13.5. The van der Waals surface area contributed by atoms with Crippen molar-refractivity contribution < 1.29 is 9.64 Å². The van der Waals surface area contributed by atoms with Crippen LogP contribution in [0.1, 0.15) is 26.2 Å². The summed E-state index contributed by atoms with van der Waals surface area (Å²) in [6.07, 6.45) is 4.21. The number of hydrogen-bond acceptors (Lipinski definition) is 3. The van der Waals surface area contributed by atoms with Gasteiger partial charge < -0.3 is 14.6 Å². The molecule has 0 aliphatic carbocycles. The number of fused-ring (bicyclic) bond motifs is 1. The standard InChI is InChI=1S/C16H23N3OS/c1-2-20-13-6-7-14-15(12-13)18-16(17-14)21-11-10-19-8-4-3-5-9-19/h6-7,12H,2-5,8-11H2,1H3,(H,17,18)/p+1. The van der Waals surface area contributed by atoms with E-state index in [1.807, 2.05) is 36.9 Å². The minimum Gasteiger partial charge on any atom is -0.494 e. The van der Waals surface area contributed by atoms with Crippen molar-refractivity contribution in [1.29, 1.82) is 0 Å². The van der Waals surface area contributed by atoms with E-state index in [4.69, 9.17) is 4.74 Å². The molecule has 21 heavy (non-hydrogen) atoms. The Kier molecular flexibility index (Phi) is 5.04. The predicted octanol–water partition coefficient (Wildman–Crippen LogP) is 2.12. The fraction of sp³-hybridized carbons (Fsp3) is 0.562. The molecule has 0 spiro atoms. The fourth-order valence-electron chi connectivity index (χ4n) is 2.88. The van der Waals surface area contributed by atoms with E-state index in [0.717, 1.165) is 27.7 Å². The van der Waals surface area contributed by atoms with Gasteiger partial charge in [0.15, 0.2) is 5.16 Å². The number of nitrogens with one attached hydrogen (secondary N) is 2. The van der Waals surface area contributed by atoms with Crippen LogP contribution in [0.4, 0.5) is 0 Å². The van der Waals surface area contributed by atoms with Gasteiger partial charge in [-0.3, -0.25) is 0 Å². The third-order valence-electron chi connectivity index (χ3n) is 4.00. The summed E-state index contributed by atoms with van der Waals surface area (Å²) in [6, 6.07) is 6.04. The summed E-state index contributed by atoms with van der Waals surface area (Å²) in [5, 5.41) is 1.02. The molecular weight excluding hydrogens is 282 g/mol. The van der Waals surface area contributed by atoms with E-state index in [1.54, 1.807) is 4.90 Å². The van der Waals surface area contributed by atoms with Crippen LogP contribution in [-0.2, 0) is 0 Å². The summed E-state index contributed by atoms with van der Waals surface area (Å²) in [4.78, 5) is 9.79. The average Bonchev–Trinajstić information content (AvgIpc) is 2.91. The lowest BCUT2D eigenvalue weighted by Gasteiger charge is -2.22. The summed E-state index contributed by atoms with van der Waals surface area (Å²) in [7, 11) is 0. The van der Waals surface area contributed by atoms with Gasteiger partial charge in [0.2, 0.25) is 0 Å². The first kappa shape index (κ1) is 14.7. The van der Waals surface area contributed by atoms with Gasteiger partial charge in [-0.2, -0.15) is 0 Å². The highest BCUT2D eigenvalue weighted by atomic mass is 32.2. The van der Waals surface area contributed by atoms with Crippen LogP contribution >= 0.6 is 11.8 Å². The molecule has 1 aliphatic rings. The second-order valence-electron chi connectivity index (χ2n) is 5.56. The Bertz CT molecular complexity index is 578. The number of nitrogens with zero attached hydrogens (tertiary/aromatic N) is 1. The number of aromatic amines is 1. The highest BCUT2D eigenvalue weighted by molar-refractivity contribution is 7.99. The molecule has 0 atom stereocenters. The molecule has 0 saturated carbocycles. The van der Waals surface area contributed by atoms with Crippen molar-refractivity contribution in [3.8, 4) is 5.75 Å². The number of H-pyrrole nitrogens is 1. The number of rotatable bonds is 6. The quantitative estimate of drug-likeness (QED) is 0.804. The predicted molar refractivity (Wildman–Crippen MR) is 87.4 cm³/mol. The Morgan fingerprint density at radius 1 is 1.29 bits per heavy atom. The first-order valence-corrected chi connectivity index (χ1v) is 8.92. The molecular formula is C16H24N3OS+. The van der Waals surface area contributed by atoms with Gasteiger partial charge in [-0.15, -0.1) is 0 Å². The molecule has 4 nitrogen and oxygen atoms in total. The molecule has 5 heteroatoms. The number of quaternary nitrogens is 1. The Morgan fingerprint density at radius 2 is 2.14 bits per heavy atom. The van der Waals surface area contributed by atoms with Gasteiger partial charge >= 0.3 is 0 Å². The second kappa shape index (κ2) is 7.18. The molecule has 0 bridgehead atoms. The van der Waals surface area contributed by atoms with Crippen molar-refractivity contribution in [2.75, 3.05) is 32.0 Å². The molecule has 0 amide bonds. The van der Waals surface area contributed by atoms with Gasteiger partial charge in [-0.1, -0.05) is 11.8 Å². The maximum absolute atomic E-state index is 5.53. The van der Waals surface area contributed by atoms with Crippen molar-refractivity contribution in [3.05, 3.63) is 18.2 Å². The molecule has 1 fully saturated rings. The van der Waals surface area contributed by atoms with E-state index in [-0.39, 0.29) is 0 Å². The van der Waals surface area contributed by atoms with E-state index in [2.05, 4.69) is 9.97 Å². The first-order chi connectivity index (χ1) is 10.3. The molecule has 0 unspecified atom stereocenters.